The molecular formula is C13H21ClN2O3S. The molecule has 0 bridgehead atoms. The number of furan rings is 1. The predicted octanol–water partition coefficient (Wildman–Crippen LogP) is 1.98. The van der Waals surface area contributed by atoms with Crippen molar-refractivity contribution in [2.75, 3.05) is 32.7 Å². The summed E-state index contributed by atoms with van der Waals surface area (Å²) >= 11 is 5.63. The van der Waals surface area contributed by atoms with E-state index in [0.29, 0.717) is 24.8 Å². The predicted molar refractivity (Wildman–Crippen MR) is 78.3 cm³/mol. The third-order valence-corrected chi connectivity index (χ3v) is 5.35. The Hall–Kier alpha value is -0.560. The van der Waals surface area contributed by atoms with Crippen LogP contribution in [0.1, 0.15) is 19.6 Å². The molecular weight excluding hydrogens is 300 g/mol. The molecule has 0 atom stereocenters. The van der Waals surface area contributed by atoms with Gasteiger partial charge in [0, 0.05) is 32.7 Å². The van der Waals surface area contributed by atoms with Crippen LogP contribution in [0.5, 0.6) is 0 Å². The highest BCUT2D eigenvalue weighted by atomic mass is 35.5. The van der Waals surface area contributed by atoms with Gasteiger partial charge in [0.15, 0.2) is 0 Å². The SMILES string of the molecule is CC(C)CN1CCN(S(=O)(=O)c2ccc(CCl)o2)CC1. The normalized spacial score (nSPS) is 18.8. The highest BCUT2D eigenvalue weighted by molar-refractivity contribution is 7.89. The second-order valence-corrected chi connectivity index (χ2v) is 7.59. The first-order valence-electron chi connectivity index (χ1n) is 6.80. The van der Waals surface area contributed by atoms with Crippen molar-refractivity contribution >= 4 is 21.6 Å². The number of halogens is 1. The summed E-state index contributed by atoms with van der Waals surface area (Å²) in [6.07, 6.45) is 0. The molecule has 114 valence electrons. The molecule has 0 aliphatic carbocycles. The van der Waals surface area contributed by atoms with E-state index in [1.807, 2.05) is 0 Å². The molecule has 1 aromatic rings. The van der Waals surface area contributed by atoms with Gasteiger partial charge in [-0.3, -0.25) is 0 Å². The molecule has 7 heteroatoms. The number of hydrogen-bond acceptors (Lipinski definition) is 4. The number of nitrogens with zero attached hydrogens (tertiary/aromatic N) is 2. The van der Waals surface area contributed by atoms with Gasteiger partial charge in [-0.1, -0.05) is 13.8 Å². The Morgan fingerprint density at radius 2 is 1.90 bits per heavy atom. The van der Waals surface area contributed by atoms with E-state index >= 15 is 0 Å². The van der Waals surface area contributed by atoms with Crippen molar-refractivity contribution in [3.63, 3.8) is 0 Å². The van der Waals surface area contributed by atoms with Gasteiger partial charge in [-0.25, -0.2) is 8.42 Å². The fourth-order valence-corrected chi connectivity index (χ4v) is 3.86. The van der Waals surface area contributed by atoms with Crippen LogP contribution in [-0.2, 0) is 15.9 Å². The van der Waals surface area contributed by atoms with E-state index in [1.165, 1.54) is 10.4 Å². The van der Waals surface area contributed by atoms with Crippen LogP contribution in [0.4, 0.5) is 0 Å². The molecule has 1 aromatic heterocycles. The van der Waals surface area contributed by atoms with E-state index < -0.39 is 10.0 Å². The van der Waals surface area contributed by atoms with Crippen molar-refractivity contribution < 1.29 is 12.8 Å². The molecule has 1 fully saturated rings. The average molecular weight is 321 g/mol. The fourth-order valence-electron chi connectivity index (χ4n) is 2.36. The topological polar surface area (TPSA) is 53.8 Å². The molecule has 20 heavy (non-hydrogen) atoms. The van der Waals surface area contributed by atoms with Gasteiger partial charge in [0.25, 0.3) is 10.0 Å². The van der Waals surface area contributed by atoms with E-state index in [2.05, 4.69) is 18.7 Å². The summed E-state index contributed by atoms with van der Waals surface area (Å²) in [5.74, 6) is 1.25. The molecule has 0 radical (unpaired) electrons. The standard InChI is InChI=1S/C13H21ClN2O3S/c1-11(2)10-15-5-7-16(8-6-15)20(17,18)13-4-3-12(9-14)19-13/h3-4,11H,5-10H2,1-2H3. The van der Waals surface area contributed by atoms with Gasteiger partial charge < -0.3 is 9.32 Å². The van der Waals surface area contributed by atoms with Gasteiger partial charge >= 0.3 is 0 Å². The number of hydrogen-bond donors (Lipinski definition) is 0. The number of alkyl halides is 1. The third-order valence-electron chi connectivity index (χ3n) is 3.32. The lowest BCUT2D eigenvalue weighted by molar-refractivity contribution is 0.170. The Morgan fingerprint density at radius 1 is 1.25 bits per heavy atom. The Labute approximate surface area is 125 Å². The maximum absolute atomic E-state index is 12.4. The molecule has 1 saturated heterocycles. The largest absolute Gasteiger partial charge is 0.447 e. The van der Waals surface area contributed by atoms with Crippen molar-refractivity contribution in [1.82, 2.24) is 9.21 Å². The van der Waals surface area contributed by atoms with Crippen LogP contribution in [0.3, 0.4) is 0 Å². The highest BCUT2D eigenvalue weighted by Crippen LogP contribution is 2.21. The van der Waals surface area contributed by atoms with Crippen molar-refractivity contribution in [3.8, 4) is 0 Å². The first kappa shape index (κ1) is 15.8. The Balaban J connectivity index is 2.02. The smallest absolute Gasteiger partial charge is 0.276 e. The fraction of sp³-hybridized carbons (Fsp3) is 0.692. The minimum absolute atomic E-state index is 0.00883. The van der Waals surface area contributed by atoms with Gasteiger partial charge in [0.05, 0.1) is 5.88 Å². The Kier molecular flexibility index (Phi) is 5.12. The van der Waals surface area contributed by atoms with E-state index in [9.17, 15) is 8.42 Å². The molecule has 0 amide bonds. The summed E-state index contributed by atoms with van der Waals surface area (Å²) in [6.45, 7) is 7.88. The third kappa shape index (κ3) is 3.55. The lowest BCUT2D eigenvalue weighted by Crippen LogP contribution is -2.49. The zero-order chi connectivity index (χ0) is 14.8. The van der Waals surface area contributed by atoms with Crippen LogP contribution in [0.2, 0.25) is 0 Å². The summed E-state index contributed by atoms with van der Waals surface area (Å²) in [6, 6.07) is 3.09. The molecule has 1 aliphatic heterocycles. The first-order valence-corrected chi connectivity index (χ1v) is 8.78. The van der Waals surface area contributed by atoms with Crippen molar-refractivity contribution in [2.45, 2.75) is 24.8 Å². The average Bonchev–Trinajstić information content (AvgIpc) is 2.88. The van der Waals surface area contributed by atoms with Crippen LogP contribution in [0.15, 0.2) is 21.6 Å². The Bertz CT molecular complexity index is 534. The first-order chi connectivity index (χ1) is 9.43. The van der Waals surface area contributed by atoms with Gasteiger partial charge in [-0.2, -0.15) is 4.31 Å². The van der Waals surface area contributed by atoms with Crippen LogP contribution < -0.4 is 0 Å². The van der Waals surface area contributed by atoms with Gasteiger partial charge in [-0.05, 0) is 18.1 Å². The van der Waals surface area contributed by atoms with Crippen molar-refractivity contribution in [1.29, 1.82) is 0 Å². The second kappa shape index (κ2) is 6.47. The summed E-state index contributed by atoms with van der Waals surface area (Å²) in [7, 11) is -3.52. The lowest BCUT2D eigenvalue weighted by atomic mass is 10.2. The molecule has 2 rings (SSSR count). The van der Waals surface area contributed by atoms with E-state index in [0.717, 1.165) is 19.6 Å². The minimum atomic E-state index is -3.52. The molecule has 0 spiro atoms. The van der Waals surface area contributed by atoms with Crippen LogP contribution in [0.25, 0.3) is 0 Å². The molecule has 1 aliphatic rings. The minimum Gasteiger partial charge on any atom is -0.447 e. The lowest BCUT2D eigenvalue weighted by Gasteiger charge is -2.34. The van der Waals surface area contributed by atoms with Gasteiger partial charge in [0.2, 0.25) is 5.09 Å². The maximum Gasteiger partial charge on any atom is 0.276 e. The van der Waals surface area contributed by atoms with Crippen LogP contribution in [0, 0.1) is 5.92 Å². The van der Waals surface area contributed by atoms with E-state index in [4.69, 9.17) is 16.0 Å². The molecule has 0 N–H and O–H groups in total. The number of sulfonamides is 1. The van der Waals surface area contributed by atoms with Crippen molar-refractivity contribution in [3.05, 3.63) is 17.9 Å². The van der Waals surface area contributed by atoms with E-state index in [1.54, 1.807) is 6.07 Å². The number of rotatable bonds is 5. The zero-order valence-corrected chi connectivity index (χ0v) is 13.5. The molecule has 5 nitrogen and oxygen atoms in total. The molecule has 0 unspecified atom stereocenters. The Morgan fingerprint density at radius 3 is 2.40 bits per heavy atom. The summed E-state index contributed by atoms with van der Waals surface area (Å²) in [4.78, 5) is 2.29. The monoisotopic (exact) mass is 320 g/mol. The summed E-state index contributed by atoms with van der Waals surface area (Å²) in [5, 5.41) is -0.00883. The molecule has 0 aromatic carbocycles. The van der Waals surface area contributed by atoms with Gasteiger partial charge in [-0.15, -0.1) is 11.6 Å². The van der Waals surface area contributed by atoms with Crippen molar-refractivity contribution in [2.24, 2.45) is 5.92 Å². The zero-order valence-electron chi connectivity index (χ0n) is 11.9. The van der Waals surface area contributed by atoms with E-state index in [-0.39, 0.29) is 11.0 Å². The quantitative estimate of drug-likeness (QED) is 0.778. The van der Waals surface area contributed by atoms with Crippen LogP contribution >= 0.6 is 11.6 Å². The molecule has 0 saturated carbocycles. The molecule has 2 heterocycles. The van der Waals surface area contributed by atoms with Gasteiger partial charge in [0.1, 0.15) is 5.76 Å². The number of piperazine rings is 1. The summed E-state index contributed by atoms with van der Waals surface area (Å²) in [5.41, 5.74) is 0. The summed E-state index contributed by atoms with van der Waals surface area (Å²) < 4.78 is 31.6. The highest BCUT2D eigenvalue weighted by Gasteiger charge is 2.30. The van der Waals surface area contributed by atoms with Crippen LogP contribution in [-0.4, -0.2) is 50.3 Å². The maximum atomic E-state index is 12.4. The second-order valence-electron chi connectivity index (χ2n) is 5.45.